The van der Waals surface area contributed by atoms with Crippen molar-refractivity contribution >= 4 is 10.0 Å². The molecule has 18 heavy (non-hydrogen) atoms. The van der Waals surface area contributed by atoms with Gasteiger partial charge in [0.05, 0.1) is 6.20 Å². The van der Waals surface area contributed by atoms with Crippen molar-refractivity contribution in [1.29, 1.82) is 0 Å². The van der Waals surface area contributed by atoms with Crippen LogP contribution in [-0.2, 0) is 10.0 Å². The van der Waals surface area contributed by atoms with Crippen molar-refractivity contribution in [2.24, 2.45) is 5.73 Å². The predicted molar refractivity (Wildman–Crippen MR) is 68.4 cm³/mol. The monoisotopic (exact) mass is 272 g/mol. The van der Waals surface area contributed by atoms with Gasteiger partial charge in [0.25, 0.3) is 0 Å². The Morgan fingerprint density at radius 1 is 1.44 bits per heavy atom. The molecule has 1 aromatic rings. The molecule has 7 heteroatoms. The molecular weight excluding hydrogens is 252 g/mol. The second-order valence-corrected chi connectivity index (χ2v) is 6.86. The number of likely N-dealkylation sites (N-methyl/N-ethyl adjacent to an activating group) is 1. The summed E-state index contributed by atoms with van der Waals surface area (Å²) in [6.07, 6.45) is 7.61. The zero-order valence-corrected chi connectivity index (χ0v) is 11.4. The second-order valence-electron chi connectivity index (χ2n) is 4.90. The van der Waals surface area contributed by atoms with Crippen LogP contribution >= 0.6 is 0 Å². The number of H-pyrrole nitrogens is 1. The van der Waals surface area contributed by atoms with Crippen molar-refractivity contribution in [1.82, 2.24) is 14.5 Å². The maximum atomic E-state index is 12.5. The highest BCUT2D eigenvalue weighted by Gasteiger charge is 2.41. The van der Waals surface area contributed by atoms with E-state index < -0.39 is 15.6 Å². The summed E-state index contributed by atoms with van der Waals surface area (Å²) in [6, 6.07) is 0. The first kappa shape index (κ1) is 13.5. The van der Waals surface area contributed by atoms with Crippen molar-refractivity contribution < 1.29 is 8.42 Å². The molecule has 0 bridgehead atoms. The number of hydrogen-bond acceptors (Lipinski definition) is 4. The fourth-order valence-corrected chi connectivity index (χ4v) is 4.12. The molecule has 1 saturated carbocycles. The fourth-order valence-electron chi connectivity index (χ4n) is 2.65. The molecule has 0 amide bonds. The van der Waals surface area contributed by atoms with E-state index in [2.05, 4.69) is 10.2 Å². The Bertz CT molecular complexity index is 477. The fraction of sp³-hybridized carbons (Fsp3) is 0.727. The van der Waals surface area contributed by atoms with Gasteiger partial charge in [0.15, 0.2) is 0 Å². The summed E-state index contributed by atoms with van der Waals surface area (Å²) in [4.78, 5) is 0.198. The molecule has 0 saturated heterocycles. The van der Waals surface area contributed by atoms with Crippen molar-refractivity contribution in [3.63, 3.8) is 0 Å². The third-order valence-electron chi connectivity index (χ3n) is 3.96. The average Bonchev–Trinajstić information content (AvgIpc) is 2.93. The molecule has 6 nitrogen and oxygen atoms in total. The number of nitrogens with zero attached hydrogens (tertiary/aromatic N) is 2. The van der Waals surface area contributed by atoms with Gasteiger partial charge in [0.1, 0.15) is 4.90 Å². The number of sulfonamides is 1. The maximum absolute atomic E-state index is 12.5. The molecule has 1 aliphatic rings. The molecular formula is C11H20N4O2S. The molecule has 102 valence electrons. The van der Waals surface area contributed by atoms with E-state index >= 15 is 0 Å². The van der Waals surface area contributed by atoms with Gasteiger partial charge in [-0.25, -0.2) is 8.42 Å². The van der Waals surface area contributed by atoms with Gasteiger partial charge in [-0.1, -0.05) is 19.3 Å². The smallest absolute Gasteiger partial charge is 0.246 e. The van der Waals surface area contributed by atoms with E-state index in [-0.39, 0.29) is 4.90 Å². The number of nitrogens with one attached hydrogen (secondary N) is 1. The quantitative estimate of drug-likeness (QED) is 0.843. The van der Waals surface area contributed by atoms with Crippen molar-refractivity contribution in [2.75, 3.05) is 13.6 Å². The molecule has 0 unspecified atom stereocenters. The highest BCUT2D eigenvalue weighted by Crippen LogP contribution is 2.35. The summed E-state index contributed by atoms with van der Waals surface area (Å²) in [5.74, 6) is 0. The number of nitrogens with two attached hydrogens (primary N) is 1. The van der Waals surface area contributed by atoms with E-state index in [0.717, 1.165) is 32.1 Å². The molecule has 0 aliphatic heterocycles. The van der Waals surface area contributed by atoms with Gasteiger partial charge < -0.3 is 5.73 Å². The van der Waals surface area contributed by atoms with Crippen LogP contribution in [0.15, 0.2) is 17.3 Å². The Labute approximate surface area is 108 Å². The van der Waals surface area contributed by atoms with Crippen LogP contribution in [0.3, 0.4) is 0 Å². The summed E-state index contributed by atoms with van der Waals surface area (Å²) >= 11 is 0. The summed E-state index contributed by atoms with van der Waals surface area (Å²) in [7, 11) is -1.88. The largest absolute Gasteiger partial charge is 0.329 e. The van der Waals surface area contributed by atoms with E-state index in [1.165, 1.54) is 16.7 Å². The third kappa shape index (κ3) is 2.17. The standard InChI is InChI=1S/C11H20N4O2S/c1-15(11(9-12)5-3-2-4-6-11)18(16,17)10-7-13-14-8-10/h7-8H,2-6,9,12H2,1H3,(H,13,14). The molecule has 2 rings (SSSR count). The lowest BCUT2D eigenvalue weighted by atomic mass is 9.82. The molecule has 1 aliphatic carbocycles. The Morgan fingerprint density at radius 3 is 2.61 bits per heavy atom. The Morgan fingerprint density at radius 2 is 2.11 bits per heavy atom. The minimum atomic E-state index is -3.51. The highest BCUT2D eigenvalue weighted by molar-refractivity contribution is 7.89. The molecule has 0 spiro atoms. The SMILES string of the molecule is CN(C1(CN)CCCCC1)S(=O)(=O)c1cn[nH]c1. The summed E-state index contributed by atoms with van der Waals surface area (Å²) in [5, 5.41) is 6.24. The first-order chi connectivity index (χ1) is 8.53. The minimum absolute atomic E-state index is 0.198. The van der Waals surface area contributed by atoms with Crippen molar-refractivity contribution in [3.05, 3.63) is 12.4 Å². The van der Waals surface area contributed by atoms with Gasteiger partial charge >= 0.3 is 0 Å². The van der Waals surface area contributed by atoms with E-state index in [1.54, 1.807) is 7.05 Å². The lowest BCUT2D eigenvalue weighted by Crippen LogP contribution is -2.55. The van der Waals surface area contributed by atoms with E-state index in [1.807, 2.05) is 0 Å². The summed E-state index contributed by atoms with van der Waals surface area (Å²) in [6.45, 7) is 0.362. The average molecular weight is 272 g/mol. The lowest BCUT2D eigenvalue weighted by Gasteiger charge is -2.42. The van der Waals surface area contributed by atoms with Crippen LogP contribution in [0.4, 0.5) is 0 Å². The number of rotatable bonds is 4. The highest BCUT2D eigenvalue weighted by atomic mass is 32.2. The zero-order valence-electron chi connectivity index (χ0n) is 10.6. The maximum Gasteiger partial charge on any atom is 0.246 e. The predicted octanol–water partition coefficient (Wildman–Crippen LogP) is 0.692. The summed E-state index contributed by atoms with van der Waals surface area (Å²) < 4.78 is 26.4. The molecule has 1 heterocycles. The van der Waals surface area contributed by atoms with Crippen LogP contribution in [0, 0.1) is 0 Å². The number of aromatic nitrogens is 2. The van der Waals surface area contributed by atoms with Gasteiger partial charge in [-0.2, -0.15) is 9.40 Å². The van der Waals surface area contributed by atoms with Gasteiger partial charge in [-0.05, 0) is 12.8 Å². The number of hydrogen-bond donors (Lipinski definition) is 2. The van der Waals surface area contributed by atoms with Gasteiger partial charge in [-0.15, -0.1) is 0 Å². The van der Waals surface area contributed by atoms with Crippen LogP contribution in [0.25, 0.3) is 0 Å². The lowest BCUT2D eigenvalue weighted by molar-refractivity contribution is 0.159. The Hall–Kier alpha value is -0.920. The Kier molecular flexibility index (Phi) is 3.74. The van der Waals surface area contributed by atoms with Gasteiger partial charge in [0.2, 0.25) is 10.0 Å². The minimum Gasteiger partial charge on any atom is -0.329 e. The van der Waals surface area contributed by atoms with Gasteiger partial charge in [-0.3, -0.25) is 5.10 Å². The first-order valence-electron chi connectivity index (χ1n) is 6.21. The molecule has 1 aromatic heterocycles. The van der Waals surface area contributed by atoms with Crippen LogP contribution in [-0.4, -0.2) is 42.1 Å². The van der Waals surface area contributed by atoms with E-state index in [4.69, 9.17) is 5.73 Å². The second kappa shape index (κ2) is 4.99. The van der Waals surface area contributed by atoms with Crippen LogP contribution in [0.2, 0.25) is 0 Å². The molecule has 0 radical (unpaired) electrons. The normalized spacial score (nSPS) is 20.2. The van der Waals surface area contributed by atoms with E-state index in [9.17, 15) is 8.42 Å². The molecule has 0 atom stereocenters. The van der Waals surface area contributed by atoms with Crippen molar-refractivity contribution in [3.8, 4) is 0 Å². The Balaban J connectivity index is 2.32. The zero-order chi connectivity index (χ0) is 13.2. The van der Waals surface area contributed by atoms with Crippen LogP contribution in [0.5, 0.6) is 0 Å². The molecule has 3 N–H and O–H groups in total. The van der Waals surface area contributed by atoms with Gasteiger partial charge in [0, 0.05) is 25.3 Å². The van der Waals surface area contributed by atoms with Crippen LogP contribution in [0.1, 0.15) is 32.1 Å². The molecule has 0 aromatic carbocycles. The topological polar surface area (TPSA) is 92.1 Å². The van der Waals surface area contributed by atoms with Crippen molar-refractivity contribution in [2.45, 2.75) is 42.5 Å². The summed E-state index contributed by atoms with van der Waals surface area (Å²) in [5.41, 5.74) is 5.42. The third-order valence-corrected chi connectivity index (χ3v) is 5.89. The van der Waals surface area contributed by atoms with Crippen LogP contribution < -0.4 is 5.73 Å². The van der Waals surface area contributed by atoms with E-state index in [0.29, 0.717) is 6.54 Å². The number of aromatic amines is 1. The first-order valence-corrected chi connectivity index (χ1v) is 7.65. The molecule has 1 fully saturated rings.